The maximum absolute atomic E-state index is 11.4. The summed E-state index contributed by atoms with van der Waals surface area (Å²) in [6, 6.07) is 6.55. The van der Waals surface area contributed by atoms with Gasteiger partial charge in [0.25, 0.3) is 0 Å². The van der Waals surface area contributed by atoms with E-state index in [9.17, 15) is 9.90 Å². The molecular weight excluding hydrogens is 212 g/mol. The molecule has 2 aliphatic rings. The zero-order valence-corrected chi connectivity index (χ0v) is 10.2. The number of hydrogen-bond donors (Lipinski definition) is 1. The van der Waals surface area contributed by atoms with E-state index in [1.165, 1.54) is 23.1 Å². The first-order chi connectivity index (χ1) is 8.13. The SMILES string of the molecule is Cc1ccc2c(c1)CCC(C(=O)O)C21CCC1. The number of aliphatic carboxylic acids is 1. The number of hydrogen-bond acceptors (Lipinski definition) is 1. The molecular formula is C15H18O2. The normalized spacial score (nSPS) is 25.1. The Balaban J connectivity index is 2.10. The Bertz CT molecular complexity index is 472. The molecule has 2 aliphatic carbocycles. The highest BCUT2D eigenvalue weighted by Gasteiger charge is 2.51. The quantitative estimate of drug-likeness (QED) is 0.805. The molecule has 0 aliphatic heterocycles. The van der Waals surface area contributed by atoms with Crippen molar-refractivity contribution in [2.24, 2.45) is 5.92 Å². The van der Waals surface area contributed by atoms with Crippen LogP contribution in [0.2, 0.25) is 0 Å². The Morgan fingerprint density at radius 2 is 2.18 bits per heavy atom. The van der Waals surface area contributed by atoms with E-state index in [2.05, 4.69) is 25.1 Å². The Kier molecular flexibility index (Phi) is 2.29. The van der Waals surface area contributed by atoms with E-state index >= 15 is 0 Å². The van der Waals surface area contributed by atoms with Crippen molar-refractivity contribution < 1.29 is 9.90 Å². The average Bonchev–Trinajstić information content (AvgIpc) is 2.24. The molecule has 1 atom stereocenters. The third-order valence-corrected chi connectivity index (χ3v) is 4.71. The number of benzene rings is 1. The second-order valence-electron chi connectivity index (χ2n) is 5.60. The summed E-state index contributed by atoms with van der Waals surface area (Å²) < 4.78 is 0. The zero-order valence-electron chi connectivity index (χ0n) is 10.2. The third-order valence-electron chi connectivity index (χ3n) is 4.71. The highest BCUT2D eigenvalue weighted by atomic mass is 16.4. The lowest BCUT2D eigenvalue weighted by Crippen LogP contribution is -2.48. The Morgan fingerprint density at radius 3 is 2.76 bits per heavy atom. The largest absolute Gasteiger partial charge is 0.481 e. The standard InChI is InChI=1S/C15H18O2/c1-10-3-5-12-11(9-10)4-6-13(14(16)17)15(12)7-2-8-15/h3,5,9,13H,2,4,6-8H2,1H3,(H,16,17). The molecule has 0 amide bonds. The third kappa shape index (κ3) is 1.43. The molecule has 17 heavy (non-hydrogen) atoms. The maximum Gasteiger partial charge on any atom is 0.307 e. The minimum atomic E-state index is -0.601. The van der Waals surface area contributed by atoms with Gasteiger partial charge < -0.3 is 5.11 Å². The van der Waals surface area contributed by atoms with E-state index in [1.807, 2.05) is 0 Å². The van der Waals surface area contributed by atoms with Crippen LogP contribution in [-0.2, 0) is 16.6 Å². The maximum atomic E-state index is 11.4. The Hall–Kier alpha value is -1.31. The number of carboxylic acids is 1. The Morgan fingerprint density at radius 1 is 1.41 bits per heavy atom. The summed E-state index contributed by atoms with van der Waals surface area (Å²) in [6.45, 7) is 2.11. The molecule has 1 aromatic rings. The van der Waals surface area contributed by atoms with Gasteiger partial charge in [0, 0.05) is 5.41 Å². The predicted octanol–water partition coefficient (Wildman–Crippen LogP) is 3.06. The molecule has 1 saturated carbocycles. The molecule has 2 heteroatoms. The molecule has 1 N–H and O–H groups in total. The topological polar surface area (TPSA) is 37.3 Å². The van der Waals surface area contributed by atoms with Gasteiger partial charge in [-0.05, 0) is 43.7 Å². The molecule has 1 spiro atoms. The summed E-state index contributed by atoms with van der Waals surface area (Å²) in [4.78, 5) is 11.4. The molecule has 0 saturated heterocycles. The fraction of sp³-hybridized carbons (Fsp3) is 0.533. The first-order valence-electron chi connectivity index (χ1n) is 6.46. The van der Waals surface area contributed by atoms with E-state index < -0.39 is 5.97 Å². The van der Waals surface area contributed by atoms with Gasteiger partial charge in [0.2, 0.25) is 0 Å². The second kappa shape index (κ2) is 3.59. The van der Waals surface area contributed by atoms with Crippen molar-refractivity contribution in [2.45, 2.75) is 44.4 Å². The summed E-state index contributed by atoms with van der Waals surface area (Å²) in [5, 5.41) is 9.42. The molecule has 0 bridgehead atoms. The lowest BCUT2D eigenvalue weighted by atomic mass is 9.53. The van der Waals surface area contributed by atoms with Crippen molar-refractivity contribution in [3.8, 4) is 0 Å². The summed E-state index contributed by atoms with van der Waals surface area (Å²) >= 11 is 0. The lowest BCUT2D eigenvalue weighted by Gasteiger charge is -2.50. The number of carboxylic acid groups (broad SMARTS) is 1. The highest BCUT2D eigenvalue weighted by Crippen LogP contribution is 2.54. The van der Waals surface area contributed by atoms with Gasteiger partial charge in [-0.3, -0.25) is 4.79 Å². The van der Waals surface area contributed by atoms with Crippen LogP contribution < -0.4 is 0 Å². The molecule has 1 unspecified atom stereocenters. The van der Waals surface area contributed by atoms with E-state index in [-0.39, 0.29) is 11.3 Å². The van der Waals surface area contributed by atoms with Crippen molar-refractivity contribution >= 4 is 5.97 Å². The van der Waals surface area contributed by atoms with Crippen LogP contribution in [0, 0.1) is 12.8 Å². The molecule has 1 fully saturated rings. The van der Waals surface area contributed by atoms with Gasteiger partial charge in [-0.15, -0.1) is 0 Å². The van der Waals surface area contributed by atoms with Gasteiger partial charge >= 0.3 is 5.97 Å². The summed E-state index contributed by atoms with van der Waals surface area (Å²) in [6.07, 6.45) is 5.03. The van der Waals surface area contributed by atoms with Gasteiger partial charge in [0.05, 0.1) is 5.92 Å². The van der Waals surface area contributed by atoms with Crippen LogP contribution in [0.4, 0.5) is 0 Å². The molecule has 3 rings (SSSR count). The highest BCUT2D eigenvalue weighted by molar-refractivity contribution is 5.74. The van der Waals surface area contributed by atoms with Crippen LogP contribution in [0.25, 0.3) is 0 Å². The monoisotopic (exact) mass is 230 g/mol. The van der Waals surface area contributed by atoms with Crippen LogP contribution in [0.15, 0.2) is 18.2 Å². The number of aryl methyl sites for hydroxylation is 2. The molecule has 1 aromatic carbocycles. The molecule has 0 heterocycles. The average molecular weight is 230 g/mol. The molecule has 0 radical (unpaired) electrons. The molecule has 0 aromatic heterocycles. The number of carbonyl (C=O) groups is 1. The van der Waals surface area contributed by atoms with Crippen molar-refractivity contribution in [1.82, 2.24) is 0 Å². The first kappa shape index (κ1) is 10.8. The number of rotatable bonds is 1. The van der Waals surface area contributed by atoms with Crippen LogP contribution in [0.5, 0.6) is 0 Å². The summed E-state index contributed by atoms with van der Waals surface area (Å²) in [5.41, 5.74) is 3.97. The van der Waals surface area contributed by atoms with Crippen molar-refractivity contribution in [3.05, 3.63) is 34.9 Å². The summed E-state index contributed by atoms with van der Waals surface area (Å²) in [7, 11) is 0. The Labute approximate surface area is 102 Å². The molecule has 2 nitrogen and oxygen atoms in total. The lowest BCUT2D eigenvalue weighted by molar-refractivity contribution is -0.147. The van der Waals surface area contributed by atoms with E-state index in [1.54, 1.807) is 0 Å². The van der Waals surface area contributed by atoms with Crippen LogP contribution >= 0.6 is 0 Å². The first-order valence-corrected chi connectivity index (χ1v) is 6.46. The minimum Gasteiger partial charge on any atom is -0.481 e. The van der Waals surface area contributed by atoms with E-state index in [0.717, 1.165) is 25.7 Å². The van der Waals surface area contributed by atoms with Crippen LogP contribution in [0.1, 0.15) is 42.4 Å². The van der Waals surface area contributed by atoms with Crippen molar-refractivity contribution in [3.63, 3.8) is 0 Å². The minimum absolute atomic E-state index is 0.0346. The second-order valence-corrected chi connectivity index (χ2v) is 5.60. The van der Waals surface area contributed by atoms with E-state index in [4.69, 9.17) is 0 Å². The van der Waals surface area contributed by atoms with Crippen molar-refractivity contribution in [2.75, 3.05) is 0 Å². The number of fused-ring (bicyclic) bond motifs is 2. The van der Waals surface area contributed by atoms with Crippen LogP contribution in [-0.4, -0.2) is 11.1 Å². The smallest absolute Gasteiger partial charge is 0.307 e. The van der Waals surface area contributed by atoms with Gasteiger partial charge in [0.1, 0.15) is 0 Å². The van der Waals surface area contributed by atoms with Gasteiger partial charge in [-0.25, -0.2) is 0 Å². The van der Waals surface area contributed by atoms with E-state index in [0.29, 0.717) is 0 Å². The fourth-order valence-electron chi connectivity index (χ4n) is 3.71. The predicted molar refractivity (Wildman–Crippen MR) is 66.2 cm³/mol. The van der Waals surface area contributed by atoms with Gasteiger partial charge in [-0.2, -0.15) is 0 Å². The van der Waals surface area contributed by atoms with Crippen molar-refractivity contribution in [1.29, 1.82) is 0 Å². The fourth-order valence-corrected chi connectivity index (χ4v) is 3.71. The summed E-state index contributed by atoms with van der Waals surface area (Å²) in [5.74, 6) is -0.762. The molecule has 90 valence electrons. The van der Waals surface area contributed by atoms with Gasteiger partial charge in [0.15, 0.2) is 0 Å². The zero-order chi connectivity index (χ0) is 12.0. The van der Waals surface area contributed by atoms with Gasteiger partial charge in [-0.1, -0.05) is 30.2 Å². The van der Waals surface area contributed by atoms with Crippen LogP contribution in [0.3, 0.4) is 0 Å².